The van der Waals surface area contributed by atoms with Crippen molar-refractivity contribution in [2.75, 3.05) is 13.1 Å². The molecule has 5 nitrogen and oxygen atoms in total. The van der Waals surface area contributed by atoms with E-state index >= 15 is 0 Å². The van der Waals surface area contributed by atoms with Gasteiger partial charge in [-0.05, 0) is 32.9 Å². The fourth-order valence-corrected chi connectivity index (χ4v) is 3.12. The Bertz CT molecular complexity index is 512. The van der Waals surface area contributed by atoms with Crippen molar-refractivity contribution in [2.24, 2.45) is 0 Å². The number of aryl methyl sites for hydroxylation is 1. The van der Waals surface area contributed by atoms with E-state index in [0.29, 0.717) is 5.92 Å². The number of hydrogen-bond donors (Lipinski definition) is 1. The molecule has 0 saturated carbocycles. The molecule has 0 aromatic carbocycles. The van der Waals surface area contributed by atoms with E-state index in [0.717, 1.165) is 30.3 Å². The van der Waals surface area contributed by atoms with Crippen LogP contribution in [0, 0.1) is 6.92 Å². The minimum atomic E-state index is 0.572. The highest BCUT2D eigenvalue weighted by Crippen LogP contribution is 2.23. The van der Waals surface area contributed by atoms with Gasteiger partial charge in [0.05, 0.1) is 17.2 Å². The van der Waals surface area contributed by atoms with E-state index in [4.69, 9.17) is 0 Å². The van der Waals surface area contributed by atoms with Gasteiger partial charge in [-0.3, -0.25) is 0 Å². The van der Waals surface area contributed by atoms with Crippen molar-refractivity contribution in [3.63, 3.8) is 0 Å². The molecule has 1 fully saturated rings. The van der Waals surface area contributed by atoms with Crippen molar-refractivity contribution < 1.29 is 0 Å². The second-order valence-electron chi connectivity index (χ2n) is 4.71. The van der Waals surface area contributed by atoms with Gasteiger partial charge in [0, 0.05) is 23.2 Å². The summed E-state index contributed by atoms with van der Waals surface area (Å²) in [6.07, 6.45) is 6.34. The van der Waals surface area contributed by atoms with Crippen LogP contribution < -0.4 is 5.32 Å². The second kappa shape index (κ2) is 5.16. The summed E-state index contributed by atoms with van der Waals surface area (Å²) >= 11 is 1.72. The molecule has 0 aliphatic carbocycles. The summed E-state index contributed by atoms with van der Waals surface area (Å²) in [7, 11) is 0. The Morgan fingerprint density at radius 3 is 3.00 bits per heavy atom. The average molecular weight is 263 g/mol. The Morgan fingerprint density at radius 1 is 1.44 bits per heavy atom. The standard InChI is InChI=1S/C12H17N5S/c1-9-14-6-11(18-9)7-17-8-12(15-16-17)10-2-4-13-5-3-10/h6,8,10,13H,2-5,7H2,1H3. The molecule has 1 aliphatic heterocycles. The van der Waals surface area contributed by atoms with Crippen LogP contribution in [0.5, 0.6) is 0 Å². The molecule has 3 heterocycles. The first kappa shape index (κ1) is 11.8. The van der Waals surface area contributed by atoms with Crippen molar-refractivity contribution in [2.45, 2.75) is 32.2 Å². The van der Waals surface area contributed by atoms with Crippen LogP contribution in [-0.2, 0) is 6.54 Å². The summed E-state index contributed by atoms with van der Waals surface area (Å²) in [5.41, 5.74) is 1.14. The van der Waals surface area contributed by atoms with Crippen molar-refractivity contribution in [3.8, 4) is 0 Å². The lowest BCUT2D eigenvalue weighted by molar-refractivity contribution is 0.453. The molecule has 1 N–H and O–H groups in total. The molecule has 18 heavy (non-hydrogen) atoms. The van der Waals surface area contributed by atoms with Crippen LogP contribution in [0.1, 0.15) is 34.3 Å². The summed E-state index contributed by atoms with van der Waals surface area (Å²) < 4.78 is 1.92. The average Bonchev–Trinajstić information content (AvgIpc) is 3.01. The Hall–Kier alpha value is -1.27. The number of rotatable bonds is 3. The summed E-state index contributed by atoms with van der Waals surface area (Å²) in [4.78, 5) is 5.49. The zero-order valence-electron chi connectivity index (χ0n) is 10.5. The van der Waals surface area contributed by atoms with E-state index in [9.17, 15) is 0 Å². The molecule has 0 spiro atoms. The first-order valence-electron chi connectivity index (χ1n) is 6.33. The van der Waals surface area contributed by atoms with E-state index < -0.39 is 0 Å². The van der Waals surface area contributed by atoms with E-state index in [1.54, 1.807) is 11.3 Å². The maximum Gasteiger partial charge on any atom is 0.0897 e. The summed E-state index contributed by atoms with van der Waals surface area (Å²) in [6, 6.07) is 0. The Balaban J connectivity index is 1.69. The van der Waals surface area contributed by atoms with Gasteiger partial charge in [-0.2, -0.15) is 0 Å². The lowest BCUT2D eigenvalue weighted by Crippen LogP contribution is -2.26. The fourth-order valence-electron chi connectivity index (χ4n) is 2.33. The Morgan fingerprint density at radius 2 is 2.28 bits per heavy atom. The van der Waals surface area contributed by atoms with Crippen molar-refractivity contribution in [1.29, 1.82) is 0 Å². The molecule has 0 bridgehead atoms. The van der Waals surface area contributed by atoms with Crippen LogP contribution in [0.3, 0.4) is 0 Å². The molecule has 2 aromatic rings. The minimum Gasteiger partial charge on any atom is -0.317 e. The fraction of sp³-hybridized carbons (Fsp3) is 0.583. The van der Waals surface area contributed by atoms with Crippen LogP contribution in [0.15, 0.2) is 12.4 Å². The lowest BCUT2D eigenvalue weighted by atomic mass is 9.95. The largest absolute Gasteiger partial charge is 0.317 e. The summed E-state index contributed by atoms with van der Waals surface area (Å²) in [5, 5.41) is 13.0. The molecular formula is C12H17N5S. The van der Waals surface area contributed by atoms with E-state index in [-0.39, 0.29) is 0 Å². The van der Waals surface area contributed by atoms with Crippen LogP contribution in [0.2, 0.25) is 0 Å². The van der Waals surface area contributed by atoms with Crippen LogP contribution in [-0.4, -0.2) is 33.1 Å². The monoisotopic (exact) mass is 263 g/mol. The predicted molar refractivity (Wildman–Crippen MR) is 70.8 cm³/mol. The van der Waals surface area contributed by atoms with Crippen LogP contribution in [0.25, 0.3) is 0 Å². The number of hydrogen-bond acceptors (Lipinski definition) is 5. The minimum absolute atomic E-state index is 0.572. The molecule has 0 radical (unpaired) electrons. The smallest absolute Gasteiger partial charge is 0.0897 e. The maximum atomic E-state index is 4.31. The van der Waals surface area contributed by atoms with E-state index in [1.165, 1.54) is 17.7 Å². The molecule has 1 saturated heterocycles. The third-order valence-corrected chi connectivity index (χ3v) is 4.20. The summed E-state index contributed by atoms with van der Waals surface area (Å²) in [5.74, 6) is 0.572. The van der Waals surface area contributed by atoms with Gasteiger partial charge in [0.25, 0.3) is 0 Å². The highest BCUT2D eigenvalue weighted by molar-refractivity contribution is 7.11. The Labute approximate surface area is 110 Å². The second-order valence-corrected chi connectivity index (χ2v) is 6.03. The molecule has 1 aliphatic rings. The highest BCUT2D eigenvalue weighted by Gasteiger charge is 2.18. The van der Waals surface area contributed by atoms with Gasteiger partial charge in [0.1, 0.15) is 0 Å². The highest BCUT2D eigenvalue weighted by atomic mass is 32.1. The third-order valence-electron chi connectivity index (χ3n) is 3.30. The maximum absolute atomic E-state index is 4.31. The van der Waals surface area contributed by atoms with Gasteiger partial charge >= 0.3 is 0 Å². The van der Waals surface area contributed by atoms with Crippen LogP contribution >= 0.6 is 11.3 Å². The zero-order chi connectivity index (χ0) is 12.4. The van der Waals surface area contributed by atoms with Gasteiger partial charge in [-0.1, -0.05) is 5.21 Å². The normalized spacial score (nSPS) is 17.2. The summed E-state index contributed by atoms with van der Waals surface area (Å²) in [6.45, 7) is 4.98. The molecule has 3 rings (SSSR count). The topological polar surface area (TPSA) is 55.6 Å². The first-order valence-corrected chi connectivity index (χ1v) is 7.15. The first-order chi connectivity index (χ1) is 8.81. The quantitative estimate of drug-likeness (QED) is 0.913. The van der Waals surface area contributed by atoms with Crippen LogP contribution in [0.4, 0.5) is 0 Å². The number of nitrogens with zero attached hydrogens (tertiary/aromatic N) is 4. The SMILES string of the molecule is Cc1ncc(Cn2cc(C3CCNCC3)nn2)s1. The number of nitrogens with one attached hydrogen (secondary N) is 1. The molecule has 0 unspecified atom stereocenters. The third kappa shape index (κ3) is 2.59. The van der Waals surface area contributed by atoms with Gasteiger partial charge in [0.15, 0.2) is 0 Å². The van der Waals surface area contributed by atoms with Gasteiger partial charge < -0.3 is 5.32 Å². The van der Waals surface area contributed by atoms with Gasteiger partial charge in [0.2, 0.25) is 0 Å². The molecule has 0 amide bonds. The molecular weight excluding hydrogens is 246 g/mol. The van der Waals surface area contributed by atoms with Crippen molar-refractivity contribution in [1.82, 2.24) is 25.3 Å². The van der Waals surface area contributed by atoms with Gasteiger partial charge in [-0.25, -0.2) is 9.67 Å². The Kier molecular flexibility index (Phi) is 3.38. The van der Waals surface area contributed by atoms with Gasteiger partial charge in [-0.15, -0.1) is 16.4 Å². The lowest BCUT2D eigenvalue weighted by Gasteiger charge is -2.19. The van der Waals surface area contributed by atoms with E-state index in [2.05, 4.69) is 26.8 Å². The van der Waals surface area contributed by atoms with Crippen molar-refractivity contribution in [3.05, 3.63) is 28.0 Å². The molecule has 6 heteroatoms. The predicted octanol–water partition coefficient (Wildman–Crippen LogP) is 1.56. The molecule has 0 atom stereocenters. The van der Waals surface area contributed by atoms with E-state index in [1.807, 2.05) is 17.8 Å². The zero-order valence-corrected chi connectivity index (χ0v) is 11.3. The number of piperidine rings is 1. The number of thiazole rings is 1. The molecule has 2 aromatic heterocycles. The van der Waals surface area contributed by atoms with Crippen molar-refractivity contribution >= 4 is 11.3 Å². The molecule has 96 valence electrons. The number of aromatic nitrogens is 4.